The highest BCUT2D eigenvalue weighted by Gasteiger charge is 2.21. The SMILES string of the molecule is CCc1cccc(NC(=O)[C@@H](CC)n2nc(-c3ccccc3)ccc2=O)c1. The topological polar surface area (TPSA) is 64.0 Å². The third-order valence-electron chi connectivity index (χ3n) is 4.48. The van der Waals surface area contributed by atoms with Crippen molar-refractivity contribution in [3.63, 3.8) is 0 Å². The maximum Gasteiger partial charge on any atom is 0.267 e. The number of nitrogens with zero attached hydrogens (tertiary/aromatic N) is 2. The molecule has 0 unspecified atom stereocenters. The highest BCUT2D eigenvalue weighted by Crippen LogP contribution is 2.18. The van der Waals surface area contributed by atoms with Crippen LogP contribution in [0.2, 0.25) is 0 Å². The summed E-state index contributed by atoms with van der Waals surface area (Å²) in [6.07, 6.45) is 1.35. The number of hydrogen-bond acceptors (Lipinski definition) is 3. The highest BCUT2D eigenvalue weighted by atomic mass is 16.2. The van der Waals surface area contributed by atoms with Crippen LogP contribution in [0, 0.1) is 0 Å². The van der Waals surface area contributed by atoms with E-state index in [4.69, 9.17) is 0 Å². The Hall–Kier alpha value is -3.21. The molecule has 5 nitrogen and oxygen atoms in total. The van der Waals surface area contributed by atoms with Gasteiger partial charge in [0.1, 0.15) is 6.04 Å². The van der Waals surface area contributed by atoms with Crippen LogP contribution in [-0.4, -0.2) is 15.7 Å². The Morgan fingerprint density at radius 2 is 1.81 bits per heavy atom. The Morgan fingerprint density at radius 1 is 1.04 bits per heavy atom. The lowest BCUT2D eigenvalue weighted by Gasteiger charge is -2.18. The van der Waals surface area contributed by atoms with Crippen molar-refractivity contribution in [3.05, 3.63) is 82.6 Å². The number of aromatic nitrogens is 2. The summed E-state index contributed by atoms with van der Waals surface area (Å²) in [5.41, 5.74) is 3.14. The van der Waals surface area contributed by atoms with Gasteiger partial charge < -0.3 is 5.32 Å². The van der Waals surface area contributed by atoms with Crippen LogP contribution in [0.15, 0.2) is 71.5 Å². The summed E-state index contributed by atoms with van der Waals surface area (Å²) < 4.78 is 1.28. The minimum atomic E-state index is -0.675. The number of carbonyl (C=O) groups is 1. The molecule has 1 amide bonds. The first-order valence-electron chi connectivity index (χ1n) is 9.17. The second kappa shape index (κ2) is 8.45. The third-order valence-corrected chi connectivity index (χ3v) is 4.48. The van der Waals surface area contributed by atoms with Gasteiger partial charge in [-0.2, -0.15) is 5.10 Å². The zero-order chi connectivity index (χ0) is 19.2. The molecular formula is C22H23N3O2. The average molecular weight is 361 g/mol. The van der Waals surface area contributed by atoms with Gasteiger partial charge >= 0.3 is 0 Å². The molecule has 2 aromatic carbocycles. The highest BCUT2D eigenvalue weighted by molar-refractivity contribution is 5.93. The van der Waals surface area contributed by atoms with E-state index in [0.29, 0.717) is 12.1 Å². The normalized spacial score (nSPS) is 11.8. The smallest absolute Gasteiger partial charge is 0.267 e. The summed E-state index contributed by atoms with van der Waals surface area (Å²) in [5, 5.41) is 7.37. The van der Waals surface area contributed by atoms with Crippen molar-refractivity contribution in [1.29, 1.82) is 0 Å². The van der Waals surface area contributed by atoms with Crippen molar-refractivity contribution in [1.82, 2.24) is 9.78 Å². The molecule has 1 aromatic heterocycles. The van der Waals surface area contributed by atoms with Crippen molar-refractivity contribution in [2.45, 2.75) is 32.7 Å². The number of benzene rings is 2. The first-order valence-corrected chi connectivity index (χ1v) is 9.17. The second-order valence-electron chi connectivity index (χ2n) is 6.33. The number of nitrogens with one attached hydrogen (secondary N) is 1. The van der Waals surface area contributed by atoms with Crippen LogP contribution in [-0.2, 0) is 11.2 Å². The fourth-order valence-electron chi connectivity index (χ4n) is 2.98. The Labute approximate surface area is 158 Å². The van der Waals surface area contributed by atoms with Gasteiger partial charge in [-0.15, -0.1) is 0 Å². The number of hydrogen-bond donors (Lipinski definition) is 1. The van der Waals surface area contributed by atoms with E-state index in [1.54, 1.807) is 6.07 Å². The Kier molecular flexibility index (Phi) is 5.81. The van der Waals surface area contributed by atoms with E-state index in [-0.39, 0.29) is 11.5 Å². The fraction of sp³-hybridized carbons (Fsp3) is 0.227. The maximum absolute atomic E-state index is 12.8. The van der Waals surface area contributed by atoms with Crippen LogP contribution in [0.25, 0.3) is 11.3 Å². The van der Waals surface area contributed by atoms with Crippen molar-refractivity contribution >= 4 is 11.6 Å². The molecule has 0 aliphatic rings. The largest absolute Gasteiger partial charge is 0.324 e. The Balaban J connectivity index is 1.90. The van der Waals surface area contributed by atoms with Gasteiger partial charge in [0.05, 0.1) is 5.69 Å². The lowest BCUT2D eigenvalue weighted by atomic mass is 10.1. The van der Waals surface area contributed by atoms with Crippen LogP contribution in [0.4, 0.5) is 5.69 Å². The van der Waals surface area contributed by atoms with E-state index in [1.807, 2.05) is 61.5 Å². The van der Waals surface area contributed by atoms with E-state index in [9.17, 15) is 9.59 Å². The molecule has 1 N–H and O–H groups in total. The molecule has 3 aromatic rings. The predicted octanol–water partition coefficient (Wildman–Crippen LogP) is 4.06. The lowest BCUT2D eigenvalue weighted by Crippen LogP contribution is -2.34. The van der Waals surface area contributed by atoms with Crippen molar-refractivity contribution in [2.24, 2.45) is 0 Å². The number of carbonyl (C=O) groups excluding carboxylic acids is 1. The molecule has 0 fully saturated rings. The minimum Gasteiger partial charge on any atom is -0.324 e. The molecule has 0 aliphatic carbocycles. The zero-order valence-electron chi connectivity index (χ0n) is 15.6. The summed E-state index contributed by atoms with van der Waals surface area (Å²) in [6, 6.07) is 19.8. The van der Waals surface area contributed by atoms with E-state index in [2.05, 4.69) is 17.3 Å². The standard InChI is InChI=1S/C22H23N3O2/c1-3-16-9-8-12-18(15-16)23-22(27)20(4-2)25-21(26)14-13-19(24-25)17-10-6-5-7-11-17/h5-15,20H,3-4H2,1-2H3,(H,23,27)/t20-/m1/s1. The summed E-state index contributed by atoms with van der Waals surface area (Å²) in [7, 11) is 0. The molecule has 0 bridgehead atoms. The van der Waals surface area contributed by atoms with Crippen LogP contribution in [0.5, 0.6) is 0 Å². The van der Waals surface area contributed by atoms with Crippen molar-refractivity contribution in [3.8, 4) is 11.3 Å². The third kappa shape index (κ3) is 4.31. The van der Waals surface area contributed by atoms with E-state index in [1.165, 1.54) is 10.7 Å². The number of amides is 1. The lowest BCUT2D eigenvalue weighted by molar-refractivity contribution is -0.119. The number of rotatable bonds is 6. The van der Waals surface area contributed by atoms with Gasteiger partial charge in [0, 0.05) is 17.3 Å². The molecule has 0 spiro atoms. The van der Waals surface area contributed by atoms with Crippen LogP contribution < -0.4 is 10.9 Å². The van der Waals surface area contributed by atoms with Crippen LogP contribution in [0.1, 0.15) is 31.9 Å². The molecule has 0 aliphatic heterocycles. The summed E-state index contributed by atoms with van der Waals surface area (Å²) in [4.78, 5) is 25.2. The first-order chi connectivity index (χ1) is 13.1. The predicted molar refractivity (Wildman–Crippen MR) is 108 cm³/mol. The van der Waals surface area contributed by atoms with Crippen molar-refractivity contribution in [2.75, 3.05) is 5.32 Å². The van der Waals surface area contributed by atoms with Gasteiger partial charge in [-0.1, -0.05) is 56.3 Å². The summed E-state index contributed by atoms with van der Waals surface area (Å²) >= 11 is 0. The maximum atomic E-state index is 12.8. The van der Waals surface area contributed by atoms with Crippen LogP contribution in [0.3, 0.4) is 0 Å². The molecule has 1 atom stereocenters. The van der Waals surface area contributed by atoms with Gasteiger partial charge in [0.15, 0.2) is 0 Å². The molecule has 138 valence electrons. The molecule has 1 heterocycles. The quantitative estimate of drug-likeness (QED) is 0.720. The molecule has 0 radical (unpaired) electrons. The monoisotopic (exact) mass is 361 g/mol. The molecule has 0 saturated heterocycles. The van der Waals surface area contributed by atoms with Crippen molar-refractivity contribution < 1.29 is 4.79 Å². The molecule has 0 saturated carbocycles. The van der Waals surface area contributed by atoms with Gasteiger partial charge in [0.25, 0.3) is 5.56 Å². The Morgan fingerprint density at radius 3 is 2.52 bits per heavy atom. The Bertz CT molecular complexity index is 980. The van der Waals surface area contributed by atoms with E-state index < -0.39 is 6.04 Å². The van der Waals surface area contributed by atoms with Gasteiger partial charge in [-0.05, 0) is 36.6 Å². The van der Waals surface area contributed by atoms with Gasteiger partial charge in [-0.25, -0.2) is 4.68 Å². The molecule has 27 heavy (non-hydrogen) atoms. The van der Waals surface area contributed by atoms with Crippen LogP contribution >= 0.6 is 0 Å². The van der Waals surface area contributed by atoms with E-state index in [0.717, 1.165) is 23.2 Å². The zero-order valence-corrected chi connectivity index (χ0v) is 15.6. The number of aryl methyl sites for hydroxylation is 1. The van der Waals surface area contributed by atoms with Gasteiger partial charge in [0.2, 0.25) is 5.91 Å². The summed E-state index contributed by atoms with van der Waals surface area (Å²) in [5.74, 6) is -0.245. The molecular weight excluding hydrogens is 338 g/mol. The molecule has 3 rings (SSSR count). The average Bonchev–Trinajstić information content (AvgIpc) is 2.70. The fourth-order valence-corrected chi connectivity index (χ4v) is 2.98. The van der Waals surface area contributed by atoms with E-state index >= 15 is 0 Å². The minimum absolute atomic E-state index is 0.245. The summed E-state index contributed by atoms with van der Waals surface area (Å²) in [6.45, 7) is 3.93. The van der Waals surface area contributed by atoms with Gasteiger partial charge in [-0.3, -0.25) is 9.59 Å². The molecule has 5 heteroatoms. The number of anilines is 1. The first kappa shape index (κ1) is 18.6. The second-order valence-corrected chi connectivity index (χ2v) is 6.33.